The summed E-state index contributed by atoms with van der Waals surface area (Å²) in [6, 6.07) is 13.3. The Morgan fingerprint density at radius 2 is 1.70 bits per heavy atom. The predicted molar refractivity (Wildman–Crippen MR) is 145 cm³/mol. The zero-order valence-corrected chi connectivity index (χ0v) is 22.1. The molecule has 1 saturated carbocycles. The molecule has 0 radical (unpaired) electrons. The maximum Gasteiger partial charge on any atom is 0.269 e. The van der Waals surface area contributed by atoms with Crippen LogP contribution in [0.3, 0.4) is 0 Å². The summed E-state index contributed by atoms with van der Waals surface area (Å²) in [6.07, 6.45) is 11.5. The lowest BCUT2D eigenvalue weighted by Gasteiger charge is -2.27. The second-order valence-electron chi connectivity index (χ2n) is 10.1. The van der Waals surface area contributed by atoms with Crippen molar-refractivity contribution in [3.05, 3.63) is 78.4 Å². The molecule has 0 saturated heterocycles. The van der Waals surface area contributed by atoms with E-state index in [0.29, 0.717) is 5.65 Å². The van der Waals surface area contributed by atoms with Crippen molar-refractivity contribution < 1.29 is 13.2 Å². The maximum atomic E-state index is 13.9. The molecule has 37 heavy (non-hydrogen) atoms. The number of nitrogens with zero attached hydrogens (tertiary/aromatic N) is 4. The molecule has 3 aromatic heterocycles. The molecule has 190 valence electrons. The van der Waals surface area contributed by atoms with Crippen LogP contribution in [0.5, 0.6) is 0 Å². The summed E-state index contributed by atoms with van der Waals surface area (Å²) in [5, 5.41) is 7.23. The van der Waals surface area contributed by atoms with Gasteiger partial charge in [0.25, 0.3) is 10.0 Å². The fraction of sp³-hybridized carbons (Fsp3) is 0.310. The summed E-state index contributed by atoms with van der Waals surface area (Å²) in [7, 11) is -0.161. The third-order valence-corrected chi connectivity index (χ3v) is 9.35. The highest BCUT2D eigenvalue weighted by Crippen LogP contribution is 2.41. The van der Waals surface area contributed by atoms with Crippen LogP contribution in [0, 0.1) is 6.92 Å². The van der Waals surface area contributed by atoms with E-state index < -0.39 is 10.0 Å². The van der Waals surface area contributed by atoms with Gasteiger partial charge in [0.2, 0.25) is 0 Å². The lowest BCUT2D eigenvalue weighted by molar-refractivity contribution is 0.0660. The van der Waals surface area contributed by atoms with E-state index in [-0.39, 0.29) is 16.9 Å². The number of hydrogen-bond acceptors (Lipinski definition) is 5. The Kier molecular flexibility index (Phi) is 5.88. The molecular formula is C29H30N4O3S. The van der Waals surface area contributed by atoms with Gasteiger partial charge in [0.05, 0.1) is 17.2 Å². The fourth-order valence-electron chi connectivity index (χ4n) is 5.58. The van der Waals surface area contributed by atoms with Crippen LogP contribution >= 0.6 is 0 Å². The van der Waals surface area contributed by atoms with E-state index in [0.717, 1.165) is 64.1 Å². The van der Waals surface area contributed by atoms with Crippen molar-refractivity contribution in [3.63, 3.8) is 0 Å². The van der Waals surface area contributed by atoms with Gasteiger partial charge in [0.15, 0.2) is 5.65 Å². The van der Waals surface area contributed by atoms with Crippen molar-refractivity contribution in [2.24, 2.45) is 7.05 Å². The summed E-state index contributed by atoms with van der Waals surface area (Å²) in [4.78, 5) is 4.97. The molecule has 0 atom stereocenters. The number of pyridine rings is 1. The number of aromatic nitrogens is 4. The van der Waals surface area contributed by atoms with Crippen LogP contribution in [0.2, 0.25) is 0 Å². The Morgan fingerprint density at radius 1 is 0.946 bits per heavy atom. The minimum Gasteiger partial charge on any atom is -0.381 e. The van der Waals surface area contributed by atoms with E-state index in [4.69, 9.17) is 9.72 Å². The molecule has 2 aromatic carbocycles. The van der Waals surface area contributed by atoms with Crippen molar-refractivity contribution in [1.82, 2.24) is 18.7 Å². The number of hydrogen-bond donors (Lipinski definition) is 0. The SMILES string of the molecule is COC1CCC(c2cn(S(=O)(=O)c3ccc(C)cc3)c3ncc4ccc(-c5cnn(C)c5)cc4c23)CC1. The van der Waals surface area contributed by atoms with Crippen molar-refractivity contribution in [3.8, 4) is 11.1 Å². The molecule has 1 aliphatic rings. The Hall–Kier alpha value is -3.49. The van der Waals surface area contributed by atoms with Crippen LogP contribution in [-0.4, -0.2) is 40.4 Å². The zero-order valence-electron chi connectivity index (χ0n) is 21.3. The van der Waals surface area contributed by atoms with Gasteiger partial charge in [-0.05, 0) is 73.2 Å². The Bertz CT molecular complexity index is 1710. The highest BCUT2D eigenvalue weighted by atomic mass is 32.2. The van der Waals surface area contributed by atoms with Crippen molar-refractivity contribution >= 4 is 31.8 Å². The number of fused-ring (bicyclic) bond motifs is 3. The highest BCUT2D eigenvalue weighted by Gasteiger charge is 2.29. The predicted octanol–water partition coefficient (Wildman–Crippen LogP) is 5.81. The molecule has 1 fully saturated rings. The quantitative estimate of drug-likeness (QED) is 0.296. The average Bonchev–Trinajstić information content (AvgIpc) is 3.53. The first kappa shape index (κ1) is 23.9. The first-order valence-electron chi connectivity index (χ1n) is 12.6. The monoisotopic (exact) mass is 514 g/mol. The summed E-state index contributed by atoms with van der Waals surface area (Å²) in [5.41, 5.74) is 4.58. The van der Waals surface area contributed by atoms with Gasteiger partial charge in [-0.1, -0.05) is 29.8 Å². The molecule has 0 N–H and O–H groups in total. The van der Waals surface area contributed by atoms with Crippen LogP contribution in [0.1, 0.15) is 42.7 Å². The van der Waals surface area contributed by atoms with Crippen LogP contribution in [0.15, 0.2) is 72.1 Å². The van der Waals surface area contributed by atoms with E-state index in [1.165, 1.54) is 3.97 Å². The van der Waals surface area contributed by atoms with Crippen LogP contribution < -0.4 is 0 Å². The van der Waals surface area contributed by atoms with Crippen LogP contribution in [-0.2, 0) is 21.8 Å². The van der Waals surface area contributed by atoms with E-state index in [2.05, 4.69) is 23.3 Å². The number of ether oxygens (including phenoxy) is 1. The number of rotatable bonds is 5. The van der Waals surface area contributed by atoms with Gasteiger partial charge in [0, 0.05) is 49.1 Å². The second-order valence-corrected chi connectivity index (χ2v) is 11.9. The second kappa shape index (κ2) is 9.11. The third-order valence-electron chi connectivity index (χ3n) is 7.69. The van der Waals surface area contributed by atoms with Gasteiger partial charge in [0.1, 0.15) is 0 Å². The first-order chi connectivity index (χ1) is 17.8. The number of benzene rings is 2. The van der Waals surface area contributed by atoms with Crippen LogP contribution in [0.25, 0.3) is 32.9 Å². The Labute approximate surface area is 216 Å². The van der Waals surface area contributed by atoms with E-state index in [1.807, 2.05) is 44.7 Å². The van der Waals surface area contributed by atoms with Crippen molar-refractivity contribution in [2.45, 2.75) is 49.5 Å². The molecule has 6 rings (SSSR count). The first-order valence-corrected chi connectivity index (χ1v) is 14.1. The normalized spacial score (nSPS) is 18.6. The van der Waals surface area contributed by atoms with E-state index >= 15 is 0 Å². The zero-order chi connectivity index (χ0) is 25.7. The molecule has 8 heteroatoms. The molecule has 7 nitrogen and oxygen atoms in total. The smallest absolute Gasteiger partial charge is 0.269 e. The lowest BCUT2D eigenvalue weighted by Crippen LogP contribution is -2.19. The maximum absolute atomic E-state index is 13.9. The van der Waals surface area contributed by atoms with Gasteiger partial charge in [-0.25, -0.2) is 17.4 Å². The Balaban J connectivity index is 1.59. The molecule has 0 bridgehead atoms. The van der Waals surface area contributed by atoms with Gasteiger partial charge in [-0.2, -0.15) is 5.10 Å². The van der Waals surface area contributed by atoms with E-state index in [1.54, 1.807) is 30.1 Å². The molecule has 1 aliphatic carbocycles. The van der Waals surface area contributed by atoms with Gasteiger partial charge in [-0.3, -0.25) is 4.68 Å². The lowest BCUT2D eigenvalue weighted by atomic mass is 9.82. The van der Waals surface area contributed by atoms with Gasteiger partial charge < -0.3 is 4.74 Å². The average molecular weight is 515 g/mol. The van der Waals surface area contributed by atoms with Gasteiger partial charge >= 0.3 is 0 Å². The fourth-order valence-corrected chi connectivity index (χ4v) is 6.91. The molecule has 0 aliphatic heterocycles. The highest BCUT2D eigenvalue weighted by molar-refractivity contribution is 7.90. The number of methoxy groups -OCH3 is 1. The number of aryl methyl sites for hydroxylation is 2. The summed E-state index contributed by atoms with van der Waals surface area (Å²) in [5.74, 6) is 0.234. The molecular weight excluding hydrogens is 484 g/mol. The minimum atomic E-state index is -3.83. The molecule has 0 unspecified atom stereocenters. The van der Waals surface area contributed by atoms with Crippen molar-refractivity contribution in [1.29, 1.82) is 0 Å². The summed E-state index contributed by atoms with van der Waals surface area (Å²) < 4.78 is 36.5. The third kappa shape index (κ3) is 4.14. The standard InChI is InChI=1S/C29H30N4O3S/c1-19-4-12-25(13-5-19)37(34,35)33-18-27(20-8-10-24(36-3)11-9-20)28-26-14-21(23-16-31-32(2)17-23)6-7-22(26)15-30-29(28)33/h4-7,12-18,20,24H,8-11H2,1-3H3. The van der Waals surface area contributed by atoms with E-state index in [9.17, 15) is 8.42 Å². The van der Waals surface area contributed by atoms with Gasteiger partial charge in [-0.15, -0.1) is 0 Å². The summed E-state index contributed by atoms with van der Waals surface area (Å²) >= 11 is 0. The minimum absolute atomic E-state index is 0.234. The van der Waals surface area contributed by atoms with Crippen molar-refractivity contribution in [2.75, 3.05) is 7.11 Å². The molecule has 0 amide bonds. The molecule has 0 spiro atoms. The Morgan fingerprint density at radius 3 is 2.38 bits per heavy atom. The van der Waals surface area contributed by atoms with Crippen LogP contribution in [0.4, 0.5) is 0 Å². The molecule has 5 aromatic rings. The summed E-state index contributed by atoms with van der Waals surface area (Å²) in [6.45, 7) is 1.95. The molecule has 3 heterocycles. The largest absolute Gasteiger partial charge is 0.381 e. The topological polar surface area (TPSA) is 79.0 Å².